The first-order valence-electron chi connectivity index (χ1n) is 9.65. The van der Waals surface area contributed by atoms with Crippen LogP contribution in [0.4, 0.5) is 5.69 Å². The molecule has 2 heterocycles. The van der Waals surface area contributed by atoms with Gasteiger partial charge in [0.15, 0.2) is 5.96 Å². The monoisotopic (exact) mass is 527 g/mol. The third kappa shape index (κ3) is 6.40. The van der Waals surface area contributed by atoms with Crippen molar-refractivity contribution >= 4 is 52.9 Å². The Morgan fingerprint density at radius 2 is 2.07 bits per heavy atom. The van der Waals surface area contributed by atoms with Crippen LogP contribution in [-0.2, 0) is 16.6 Å². The Kier molecular flexibility index (Phi) is 8.45. The fourth-order valence-electron chi connectivity index (χ4n) is 3.18. The zero-order chi connectivity index (χ0) is 20.1. The zero-order valence-corrected chi connectivity index (χ0v) is 20.6. The minimum atomic E-state index is 0. The molecule has 2 aromatic rings. The van der Waals surface area contributed by atoms with Gasteiger partial charge in [-0.25, -0.2) is 4.98 Å². The highest BCUT2D eigenvalue weighted by Crippen LogP contribution is 2.31. The van der Waals surface area contributed by atoms with Crippen LogP contribution in [0.3, 0.4) is 0 Å². The average molecular weight is 527 g/mol. The molecule has 6 nitrogen and oxygen atoms in total. The molecule has 1 aliphatic rings. The van der Waals surface area contributed by atoms with E-state index in [9.17, 15) is 4.79 Å². The van der Waals surface area contributed by atoms with Gasteiger partial charge in [0.2, 0.25) is 5.91 Å². The molecule has 0 radical (unpaired) electrons. The number of rotatable bonds is 5. The number of thiazole rings is 1. The van der Waals surface area contributed by atoms with Gasteiger partial charge in [0.25, 0.3) is 0 Å². The maximum atomic E-state index is 12.0. The summed E-state index contributed by atoms with van der Waals surface area (Å²) in [5.41, 5.74) is 3.31. The Balaban J connectivity index is 0.00000300. The lowest BCUT2D eigenvalue weighted by atomic mass is 9.90. The molecule has 0 aliphatic carbocycles. The highest BCUT2D eigenvalue weighted by Gasteiger charge is 2.24. The Bertz CT molecular complexity index is 859. The van der Waals surface area contributed by atoms with Crippen molar-refractivity contribution in [3.8, 4) is 0 Å². The van der Waals surface area contributed by atoms with Gasteiger partial charge in [-0.05, 0) is 11.6 Å². The summed E-state index contributed by atoms with van der Waals surface area (Å²) in [4.78, 5) is 21.0. The van der Waals surface area contributed by atoms with E-state index in [0.29, 0.717) is 13.0 Å². The fraction of sp³-hybridized carbons (Fsp3) is 0.476. The second-order valence-electron chi connectivity index (χ2n) is 8.04. The summed E-state index contributed by atoms with van der Waals surface area (Å²) in [6, 6.07) is 7.98. The molecule has 0 spiro atoms. The molecule has 158 valence electrons. The number of halogens is 1. The maximum Gasteiger partial charge on any atom is 0.225 e. The molecule has 3 N–H and O–H groups in total. The molecule has 0 saturated carbocycles. The van der Waals surface area contributed by atoms with Crippen molar-refractivity contribution in [2.75, 3.05) is 25.5 Å². The predicted molar refractivity (Wildman–Crippen MR) is 132 cm³/mol. The van der Waals surface area contributed by atoms with E-state index in [-0.39, 0.29) is 41.2 Å². The maximum absolute atomic E-state index is 12.0. The van der Waals surface area contributed by atoms with Gasteiger partial charge in [-0.3, -0.25) is 9.79 Å². The molecule has 1 atom stereocenters. The van der Waals surface area contributed by atoms with Crippen LogP contribution in [0.2, 0.25) is 0 Å². The molecule has 1 aromatic heterocycles. The zero-order valence-electron chi connectivity index (χ0n) is 17.4. The topological polar surface area (TPSA) is 78.4 Å². The predicted octanol–water partition coefficient (Wildman–Crippen LogP) is 3.89. The van der Waals surface area contributed by atoms with Crippen LogP contribution >= 0.6 is 35.3 Å². The van der Waals surface area contributed by atoms with Crippen molar-refractivity contribution in [2.24, 2.45) is 4.99 Å². The minimum absolute atomic E-state index is 0. The van der Waals surface area contributed by atoms with Crippen LogP contribution in [0.15, 0.2) is 34.6 Å². The third-order valence-electron chi connectivity index (χ3n) is 4.80. The molecular weight excluding hydrogens is 497 g/mol. The van der Waals surface area contributed by atoms with Crippen LogP contribution in [0.5, 0.6) is 0 Å². The van der Waals surface area contributed by atoms with Gasteiger partial charge in [0.1, 0.15) is 0 Å². The lowest BCUT2D eigenvalue weighted by Crippen LogP contribution is -2.41. The number of nitrogens with zero attached hydrogens (tertiary/aromatic N) is 2. The Labute approximate surface area is 194 Å². The number of amides is 1. The van der Waals surface area contributed by atoms with E-state index >= 15 is 0 Å². The molecule has 0 bridgehead atoms. The summed E-state index contributed by atoms with van der Waals surface area (Å²) in [6.45, 7) is 7.96. The Morgan fingerprint density at radius 3 is 2.76 bits per heavy atom. The summed E-state index contributed by atoms with van der Waals surface area (Å²) >= 11 is 1.71. The molecule has 3 rings (SSSR count). The number of aromatic nitrogens is 1. The van der Waals surface area contributed by atoms with Gasteiger partial charge >= 0.3 is 0 Å². The quantitative estimate of drug-likeness (QED) is 0.313. The fourth-order valence-corrected chi connectivity index (χ4v) is 4.21. The van der Waals surface area contributed by atoms with Crippen molar-refractivity contribution in [1.29, 1.82) is 0 Å². The van der Waals surface area contributed by atoms with E-state index in [0.717, 1.165) is 35.3 Å². The molecule has 1 aliphatic heterocycles. The number of carbonyl (C=O) groups is 1. The van der Waals surface area contributed by atoms with Crippen molar-refractivity contribution in [3.63, 3.8) is 0 Å². The van der Waals surface area contributed by atoms with Crippen molar-refractivity contribution in [2.45, 2.75) is 44.9 Å². The van der Waals surface area contributed by atoms with Gasteiger partial charge in [0.05, 0.1) is 10.7 Å². The second kappa shape index (κ2) is 10.4. The first-order chi connectivity index (χ1) is 13.4. The first kappa shape index (κ1) is 23.6. The number of benzene rings is 1. The molecule has 29 heavy (non-hydrogen) atoms. The highest BCUT2D eigenvalue weighted by atomic mass is 127. The summed E-state index contributed by atoms with van der Waals surface area (Å²) in [6.07, 6.45) is 1.34. The summed E-state index contributed by atoms with van der Waals surface area (Å²) < 4.78 is 0. The van der Waals surface area contributed by atoms with Gasteiger partial charge in [-0.1, -0.05) is 39.0 Å². The van der Waals surface area contributed by atoms with Gasteiger partial charge in [-0.2, -0.15) is 0 Å². The van der Waals surface area contributed by atoms with Crippen LogP contribution in [0.25, 0.3) is 0 Å². The highest BCUT2D eigenvalue weighted by molar-refractivity contribution is 14.0. The standard InChI is InChI=1S/C21H29N5OS.HI/c1-21(2,3)17-13-28-19(26-17)9-10-23-20(22-4)24-12-14-11-18(27)25-16-8-6-5-7-15(14)16;/h5-8,13-14H,9-12H2,1-4H3,(H,25,27)(H2,22,23,24);1H. The van der Waals surface area contributed by atoms with Gasteiger partial charge in [0, 0.05) is 55.4 Å². The van der Waals surface area contributed by atoms with Crippen LogP contribution in [0, 0.1) is 0 Å². The largest absolute Gasteiger partial charge is 0.356 e. The summed E-state index contributed by atoms with van der Waals surface area (Å²) in [7, 11) is 1.76. The number of carbonyl (C=O) groups excluding carboxylic acids is 1. The van der Waals surface area contributed by atoms with Gasteiger partial charge in [-0.15, -0.1) is 35.3 Å². The van der Waals surface area contributed by atoms with Crippen LogP contribution in [-0.4, -0.2) is 37.0 Å². The van der Waals surface area contributed by atoms with E-state index < -0.39 is 0 Å². The lowest BCUT2D eigenvalue weighted by molar-refractivity contribution is -0.116. The molecule has 1 aromatic carbocycles. The third-order valence-corrected chi connectivity index (χ3v) is 5.71. The summed E-state index contributed by atoms with van der Waals surface area (Å²) in [5.74, 6) is 0.944. The molecule has 8 heteroatoms. The van der Waals surface area contributed by atoms with Crippen LogP contribution < -0.4 is 16.0 Å². The SMILES string of the molecule is CN=C(NCCc1nc(C(C)(C)C)cs1)NCC1CC(=O)Nc2ccccc21.I. The number of para-hydroxylation sites is 1. The van der Waals surface area contributed by atoms with E-state index in [4.69, 9.17) is 4.98 Å². The smallest absolute Gasteiger partial charge is 0.225 e. The second-order valence-corrected chi connectivity index (χ2v) is 8.99. The van der Waals surface area contributed by atoms with Gasteiger partial charge < -0.3 is 16.0 Å². The molecule has 1 unspecified atom stereocenters. The van der Waals surface area contributed by atoms with E-state index in [1.165, 1.54) is 5.56 Å². The van der Waals surface area contributed by atoms with Crippen molar-refractivity contribution < 1.29 is 4.79 Å². The van der Waals surface area contributed by atoms with E-state index in [1.807, 2.05) is 18.2 Å². The number of hydrogen-bond donors (Lipinski definition) is 3. The minimum Gasteiger partial charge on any atom is -0.356 e. The molecule has 0 fully saturated rings. The Hall–Kier alpha value is -1.68. The van der Waals surface area contributed by atoms with E-state index in [1.54, 1.807) is 18.4 Å². The Morgan fingerprint density at radius 1 is 1.31 bits per heavy atom. The number of fused-ring (bicyclic) bond motifs is 1. The number of guanidine groups is 1. The molecule has 1 amide bonds. The first-order valence-corrected chi connectivity index (χ1v) is 10.5. The van der Waals surface area contributed by atoms with E-state index in [2.05, 4.69) is 53.2 Å². The number of nitrogens with one attached hydrogen (secondary N) is 3. The lowest BCUT2D eigenvalue weighted by Gasteiger charge is -2.26. The van der Waals surface area contributed by atoms with Crippen LogP contribution in [0.1, 0.15) is 49.4 Å². The summed E-state index contributed by atoms with van der Waals surface area (Å²) in [5, 5.41) is 12.9. The van der Waals surface area contributed by atoms with Crippen molar-refractivity contribution in [1.82, 2.24) is 15.6 Å². The normalized spacial score (nSPS) is 16.5. The molecule has 0 saturated heterocycles. The average Bonchev–Trinajstić information content (AvgIpc) is 3.13. The number of aliphatic imine (C=N–C) groups is 1. The molecular formula is C21H30IN5OS. The van der Waals surface area contributed by atoms with Crippen molar-refractivity contribution in [3.05, 3.63) is 45.9 Å². The number of hydrogen-bond acceptors (Lipinski definition) is 4. The number of anilines is 1.